The average molecular weight is 141 g/mol. The van der Waals surface area contributed by atoms with Gasteiger partial charge in [-0.25, -0.2) is 0 Å². The fourth-order valence-corrected chi connectivity index (χ4v) is 2.03. The van der Waals surface area contributed by atoms with Crippen LogP contribution in [0.5, 0.6) is 0 Å². The second kappa shape index (κ2) is 2.51. The molecule has 0 aromatic heterocycles. The molecule has 0 radical (unpaired) electrons. The van der Waals surface area contributed by atoms with Crippen LogP contribution in [-0.4, -0.2) is 30.3 Å². The lowest BCUT2D eigenvalue weighted by Gasteiger charge is -2.28. The number of piperidine rings is 1. The fraction of sp³-hybridized carbons (Fsp3) is 1.00. The molecule has 2 fully saturated rings. The third-order valence-corrected chi connectivity index (χ3v) is 2.71. The Balaban J connectivity index is 2.01. The highest BCUT2D eigenvalue weighted by molar-refractivity contribution is 4.84. The van der Waals surface area contributed by atoms with Gasteiger partial charge in [0.25, 0.3) is 0 Å². The zero-order valence-corrected chi connectivity index (χ0v) is 6.55. The standard InChI is InChI=1S/C8H15NO/c1-7-8-4-2-3-5-9(8)6-10-7/h7-8H,2-6H2,1H3/t7-,8-/m0/s1. The van der Waals surface area contributed by atoms with Gasteiger partial charge >= 0.3 is 0 Å². The zero-order valence-electron chi connectivity index (χ0n) is 6.55. The second-order valence-corrected chi connectivity index (χ2v) is 3.38. The molecule has 0 aromatic carbocycles. The molecule has 10 heavy (non-hydrogen) atoms. The van der Waals surface area contributed by atoms with E-state index in [1.54, 1.807) is 0 Å². The van der Waals surface area contributed by atoms with Gasteiger partial charge in [0.1, 0.15) is 0 Å². The van der Waals surface area contributed by atoms with Crippen LogP contribution in [0.3, 0.4) is 0 Å². The Hall–Kier alpha value is -0.0800. The first-order valence-corrected chi connectivity index (χ1v) is 4.23. The molecular weight excluding hydrogens is 126 g/mol. The first kappa shape index (κ1) is 6.62. The van der Waals surface area contributed by atoms with Gasteiger partial charge in [0.05, 0.1) is 12.8 Å². The van der Waals surface area contributed by atoms with E-state index in [-0.39, 0.29) is 0 Å². The Morgan fingerprint density at radius 1 is 1.40 bits per heavy atom. The molecule has 2 heterocycles. The van der Waals surface area contributed by atoms with Crippen molar-refractivity contribution >= 4 is 0 Å². The van der Waals surface area contributed by atoms with E-state index in [0.717, 1.165) is 12.8 Å². The number of hydrogen-bond donors (Lipinski definition) is 0. The van der Waals surface area contributed by atoms with Gasteiger partial charge in [0.15, 0.2) is 0 Å². The number of nitrogens with zero attached hydrogens (tertiary/aromatic N) is 1. The molecule has 58 valence electrons. The van der Waals surface area contributed by atoms with Gasteiger partial charge in [-0.3, -0.25) is 4.90 Å². The predicted octanol–water partition coefficient (Wildman–Crippen LogP) is 1.22. The maximum Gasteiger partial charge on any atom is 0.0997 e. The maximum absolute atomic E-state index is 5.53. The van der Waals surface area contributed by atoms with E-state index in [1.165, 1.54) is 25.8 Å². The van der Waals surface area contributed by atoms with Crippen molar-refractivity contribution in [2.75, 3.05) is 13.3 Å². The van der Waals surface area contributed by atoms with Gasteiger partial charge in [-0.1, -0.05) is 6.42 Å². The van der Waals surface area contributed by atoms with Crippen LogP contribution in [0.25, 0.3) is 0 Å². The highest BCUT2D eigenvalue weighted by Crippen LogP contribution is 2.25. The van der Waals surface area contributed by atoms with E-state index >= 15 is 0 Å². The highest BCUT2D eigenvalue weighted by Gasteiger charge is 2.33. The third-order valence-electron chi connectivity index (χ3n) is 2.71. The van der Waals surface area contributed by atoms with Gasteiger partial charge in [-0.2, -0.15) is 0 Å². The van der Waals surface area contributed by atoms with Crippen molar-refractivity contribution in [1.82, 2.24) is 4.90 Å². The summed E-state index contributed by atoms with van der Waals surface area (Å²) in [6, 6.07) is 0.744. The van der Waals surface area contributed by atoms with Crippen molar-refractivity contribution in [2.24, 2.45) is 0 Å². The quantitative estimate of drug-likeness (QED) is 0.503. The molecule has 0 aliphatic carbocycles. The third kappa shape index (κ3) is 0.956. The SMILES string of the molecule is C[C@@H]1OCN2CCCC[C@@H]12. The Bertz CT molecular complexity index is 124. The molecule has 2 nitrogen and oxygen atoms in total. The molecule has 0 saturated carbocycles. The van der Waals surface area contributed by atoms with E-state index in [9.17, 15) is 0 Å². The molecule has 0 amide bonds. The Morgan fingerprint density at radius 3 is 3.10 bits per heavy atom. The van der Waals surface area contributed by atoms with Crippen LogP contribution in [0.2, 0.25) is 0 Å². The molecule has 0 unspecified atom stereocenters. The van der Waals surface area contributed by atoms with E-state index < -0.39 is 0 Å². The van der Waals surface area contributed by atoms with Crippen LogP contribution in [-0.2, 0) is 4.74 Å². The van der Waals surface area contributed by atoms with Crippen LogP contribution >= 0.6 is 0 Å². The normalized spacial score (nSPS) is 41.7. The minimum Gasteiger partial charge on any atom is -0.361 e. The Morgan fingerprint density at radius 2 is 2.30 bits per heavy atom. The number of ether oxygens (including phenoxy) is 1. The lowest BCUT2D eigenvalue weighted by Crippen LogP contribution is -2.37. The van der Waals surface area contributed by atoms with Crippen molar-refractivity contribution in [2.45, 2.75) is 38.3 Å². The fourth-order valence-electron chi connectivity index (χ4n) is 2.03. The molecule has 0 spiro atoms. The first-order valence-electron chi connectivity index (χ1n) is 4.23. The summed E-state index contributed by atoms with van der Waals surface area (Å²) in [5.74, 6) is 0. The summed E-state index contributed by atoms with van der Waals surface area (Å²) >= 11 is 0. The first-order chi connectivity index (χ1) is 4.88. The summed E-state index contributed by atoms with van der Waals surface area (Å²) in [5, 5.41) is 0. The molecule has 2 heteroatoms. The van der Waals surface area contributed by atoms with Gasteiger partial charge in [0, 0.05) is 12.6 Å². The Kier molecular flexibility index (Phi) is 1.66. The number of hydrogen-bond acceptors (Lipinski definition) is 2. The van der Waals surface area contributed by atoms with Crippen molar-refractivity contribution in [3.63, 3.8) is 0 Å². The molecule has 2 rings (SSSR count). The minimum atomic E-state index is 0.486. The molecule has 2 aliphatic rings. The van der Waals surface area contributed by atoms with Crippen LogP contribution in [0, 0.1) is 0 Å². The van der Waals surface area contributed by atoms with E-state index in [4.69, 9.17) is 4.74 Å². The maximum atomic E-state index is 5.53. The van der Waals surface area contributed by atoms with Crippen LogP contribution in [0.1, 0.15) is 26.2 Å². The average Bonchev–Trinajstić information content (AvgIpc) is 2.34. The summed E-state index contributed by atoms with van der Waals surface area (Å²) in [7, 11) is 0. The van der Waals surface area contributed by atoms with Gasteiger partial charge in [0.2, 0.25) is 0 Å². The molecule has 2 aliphatic heterocycles. The van der Waals surface area contributed by atoms with E-state index in [2.05, 4.69) is 11.8 Å². The van der Waals surface area contributed by atoms with Crippen LogP contribution < -0.4 is 0 Å². The smallest absolute Gasteiger partial charge is 0.0997 e. The van der Waals surface area contributed by atoms with Crippen molar-refractivity contribution in [3.8, 4) is 0 Å². The largest absolute Gasteiger partial charge is 0.361 e. The molecule has 0 bridgehead atoms. The summed E-state index contributed by atoms with van der Waals surface area (Å²) in [5.41, 5.74) is 0. The lowest BCUT2D eigenvalue weighted by atomic mass is 10.0. The second-order valence-electron chi connectivity index (χ2n) is 3.38. The monoisotopic (exact) mass is 141 g/mol. The van der Waals surface area contributed by atoms with E-state index in [0.29, 0.717) is 6.10 Å². The van der Waals surface area contributed by atoms with Crippen LogP contribution in [0.4, 0.5) is 0 Å². The minimum absolute atomic E-state index is 0.486. The predicted molar refractivity (Wildman–Crippen MR) is 39.8 cm³/mol. The molecule has 2 atom stereocenters. The summed E-state index contributed by atoms with van der Waals surface area (Å²) < 4.78 is 5.53. The van der Waals surface area contributed by atoms with Crippen molar-refractivity contribution in [3.05, 3.63) is 0 Å². The number of fused-ring (bicyclic) bond motifs is 1. The summed E-state index contributed by atoms with van der Waals surface area (Å²) in [4.78, 5) is 2.47. The van der Waals surface area contributed by atoms with Gasteiger partial charge < -0.3 is 4.74 Å². The van der Waals surface area contributed by atoms with E-state index in [1.807, 2.05) is 0 Å². The van der Waals surface area contributed by atoms with Crippen LogP contribution in [0.15, 0.2) is 0 Å². The molecule has 2 saturated heterocycles. The zero-order chi connectivity index (χ0) is 6.97. The van der Waals surface area contributed by atoms with Crippen molar-refractivity contribution in [1.29, 1.82) is 0 Å². The summed E-state index contributed by atoms with van der Waals surface area (Å²) in [6.07, 6.45) is 4.60. The number of rotatable bonds is 0. The van der Waals surface area contributed by atoms with Gasteiger partial charge in [-0.05, 0) is 19.8 Å². The summed E-state index contributed by atoms with van der Waals surface area (Å²) in [6.45, 7) is 4.33. The Labute approximate surface area is 62.2 Å². The van der Waals surface area contributed by atoms with Crippen molar-refractivity contribution < 1.29 is 4.74 Å². The topological polar surface area (TPSA) is 12.5 Å². The molecule has 0 aromatic rings. The molecule has 0 N–H and O–H groups in total. The highest BCUT2D eigenvalue weighted by atomic mass is 16.5. The lowest BCUT2D eigenvalue weighted by molar-refractivity contribution is 0.0991. The van der Waals surface area contributed by atoms with Gasteiger partial charge in [-0.15, -0.1) is 0 Å². The molecular formula is C8H15NO.